The standard InChI is InChI=1S/2C19H19.C3H6.2ClH.Ti/c2*1-13(2)17-11-16-5-4-6-18(19(16)12-17)15-9-7-14(3)8-10-15;1-3-2;;;/h2*4-13H,1-3H3;1-3H2;2*1H;/q2*-1;-2;;;+2/p-2. The van der Waals surface area contributed by atoms with Gasteiger partial charge in [-0.25, -0.2) is 0 Å². The first-order valence-electron chi connectivity index (χ1n) is 14.8. The number of benzene rings is 4. The second-order valence-electron chi connectivity index (χ2n) is 11.6. The maximum Gasteiger partial charge on any atom is 2.00 e. The molecule has 0 aromatic heterocycles. The second-order valence-corrected chi connectivity index (χ2v) is 11.6. The Labute approximate surface area is 293 Å². The summed E-state index contributed by atoms with van der Waals surface area (Å²) in [7, 11) is 0. The Morgan fingerprint density at radius 2 is 0.864 bits per heavy atom. The third-order valence-corrected chi connectivity index (χ3v) is 7.60. The Bertz CT molecular complexity index is 1560. The molecule has 0 bridgehead atoms. The van der Waals surface area contributed by atoms with Crippen molar-refractivity contribution in [2.45, 2.75) is 59.8 Å². The summed E-state index contributed by atoms with van der Waals surface area (Å²) >= 11 is 0. The van der Waals surface area contributed by atoms with Gasteiger partial charge in [0.15, 0.2) is 0 Å². The van der Waals surface area contributed by atoms with Crippen LogP contribution in [0.1, 0.15) is 68.2 Å². The van der Waals surface area contributed by atoms with Crippen LogP contribution in [0.3, 0.4) is 0 Å². The molecular weight excluding hydrogens is 611 g/mol. The minimum absolute atomic E-state index is 0. The molecule has 44 heavy (non-hydrogen) atoms. The molecule has 0 saturated carbocycles. The number of hydrogen-bond donors (Lipinski definition) is 0. The van der Waals surface area contributed by atoms with E-state index >= 15 is 0 Å². The van der Waals surface area contributed by atoms with Crippen LogP contribution in [0.25, 0.3) is 43.8 Å². The fourth-order valence-electron chi connectivity index (χ4n) is 5.15. The fraction of sp³-hybridized carbons (Fsp3) is 0.220. The van der Waals surface area contributed by atoms with Crippen LogP contribution in [0.5, 0.6) is 0 Å². The molecule has 0 radical (unpaired) electrons. The number of rotatable bonds is 4. The van der Waals surface area contributed by atoms with Crippen molar-refractivity contribution in [1.29, 1.82) is 0 Å². The maximum absolute atomic E-state index is 3.38. The van der Waals surface area contributed by atoms with Crippen LogP contribution in [0, 0.1) is 27.7 Å². The molecule has 0 amide bonds. The van der Waals surface area contributed by atoms with Gasteiger partial charge >= 0.3 is 21.7 Å². The SMILES string of the molecule is Cc1ccc(-c2cccc3[cH-]c(C(C)C)cc23)cc1.Cc1ccc(-c2cccc3[cH-]c(C(C)C)cc23)cc1.[CH2-]C[CH2-].[Cl-].[Cl-].[Ti+2]. The van der Waals surface area contributed by atoms with Gasteiger partial charge in [0.1, 0.15) is 0 Å². The zero-order valence-corrected chi connectivity index (χ0v) is 30.0. The summed E-state index contributed by atoms with van der Waals surface area (Å²) in [5.41, 5.74) is 10.7. The largest absolute Gasteiger partial charge is 2.00 e. The van der Waals surface area contributed by atoms with Crippen LogP contribution < -0.4 is 24.8 Å². The van der Waals surface area contributed by atoms with Crippen molar-refractivity contribution in [2.24, 2.45) is 0 Å². The molecule has 0 aliphatic rings. The molecule has 230 valence electrons. The zero-order chi connectivity index (χ0) is 29.5. The van der Waals surface area contributed by atoms with Crippen molar-refractivity contribution in [2.75, 3.05) is 0 Å². The smallest absolute Gasteiger partial charge is 1.00 e. The monoisotopic (exact) mass is 654 g/mol. The number of halogens is 2. The third-order valence-electron chi connectivity index (χ3n) is 7.60. The van der Waals surface area contributed by atoms with E-state index in [9.17, 15) is 0 Å². The van der Waals surface area contributed by atoms with Crippen LogP contribution >= 0.6 is 0 Å². The molecule has 0 nitrogen and oxygen atoms in total. The maximum atomic E-state index is 3.38. The number of hydrogen-bond acceptors (Lipinski definition) is 0. The molecule has 0 saturated heterocycles. The fourth-order valence-corrected chi connectivity index (χ4v) is 5.15. The minimum atomic E-state index is 0. The van der Waals surface area contributed by atoms with Crippen molar-refractivity contribution in [1.82, 2.24) is 0 Å². The van der Waals surface area contributed by atoms with Gasteiger partial charge in [0, 0.05) is 0 Å². The molecule has 0 atom stereocenters. The summed E-state index contributed by atoms with van der Waals surface area (Å²) in [6.07, 6.45) is 0.750. The van der Waals surface area contributed by atoms with Gasteiger partial charge in [0.2, 0.25) is 0 Å². The van der Waals surface area contributed by atoms with Crippen molar-refractivity contribution >= 4 is 21.5 Å². The zero-order valence-electron chi connectivity index (χ0n) is 26.9. The van der Waals surface area contributed by atoms with E-state index in [1.165, 1.54) is 66.1 Å². The Balaban J connectivity index is 0.000000380. The molecular formula is C41H44Cl2Ti-4. The molecule has 6 aromatic carbocycles. The van der Waals surface area contributed by atoms with Crippen molar-refractivity contribution in [3.63, 3.8) is 0 Å². The Hall–Kier alpha value is -2.61. The van der Waals surface area contributed by atoms with E-state index < -0.39 is 0 Å². The van der Waals surface area contributed by atoms with E-state index in [1.807, 2.05) is 0 Å². The summed E-state index contributed by atoms with van der Waals surface area (Å²) in [6, 6.07) is 40.1. The molecule has 0 N–H and O–H groups in total. The van der Waals surface area contributed by atoms with E-state index in [0.29, 0.717) is 11.8 Å². The van der Waals surface area contributed by atoms with Crippen molar-refractivity contribution in [3.05, 3.63) is 145 Å². The van der Waals surface area contributed by atoms with E-state index in [0.717, 1.165) is 6.42 Å². The molecule has 3 heteroatoms. The topological polar surface area (TPSA) is 0 Å². The summed E-state index contributed by atoms with van der Waals surface area (Å²) in [5, 5.41) is 5.44. The Kier molecular flexibility index (Phi) is 16.5. The van der Waals surface area contributed by atoms with Gasteiger partial charge in [0.25, 0.3) is 0 Å². The summed E-state index contributed by atoms with van der Waals surface area (Å²) in [4.78, 5) is 0. The molecule has 6 rings (SSSR count). The summed E-state index contributed by atoms with van der Waals surface area (Å²) in [5.74, 6) is 1.16. The molecule has 0 aliphatic carbocycles. The molecule has 0 heterocycles. The van der Waals surface area contributed by atoms with Crippen LogP contribution in [0.2, 0.25) is 0 Å². The van der Waals surface area contributed by atoms with Crippen LogP contribution in [0.4, 0.5) is 0 Å². The Morgan fingerprint density at radius 1 is 0.545 bits per heavy atom. The average Bonchev–Trinajstić information content (AvgIpc) is 3.60. The second kappa shape index (κ2) is 18.4. The molecule has 0 unspecified atom stereocenters. The predicted molar refractivity (Wildman–Crippen MR) is 183 cm³/mol. The molecule has 0 spiro atoms. The van der Waals surface area contributed by atoms with Crippen molar-refractivity contribution < 1.29 is 46.5 Å². The van der Waals surface area contributed by atoms with Crippen molar-refractivity contribution in [3.8, 4) is 22.3 Å². The van der Waals surface area contributed by atoms with Crippen LogP contribution in [-0.4, -0.2) is 0 Å². The van der Waals surface area contributed by atoms with E-state index in [4.69, 9.17) is 0 Å². The van der Waals surface area contributed by atoms with Gasteiger partial charge in [-0.05, 0) is 36.8 Å². The van der Waals surface area contributed by atoms with Gasteiger partial charge in [-0.2, -0.15) is 12.1 Å². The normalized spacial score (nSPS) is 10.2. The first-order chi connectivity index (χ1) is 19.7. The van der Waals surface area contributed by atoms with Gasteiger partial charge in [-0.15, -0.1) is 69.1 Å². The van der Waals surface area contributed by atoms with Gasteiger partial charge in [-0.3, -0.25) is 0 Å². The first-order valence-corrected chi connectivity index (χ1v) is 14.8. The molecule has 6 aromatic rings. The summed E-state index contributed by atoms with van der Waals surface area (Å²) < 4.78 is 0. The number of fused-ring (bicyclic) bond motifs is 2. The minimum Gasteiger partial charge on any atom is -1.00 e. The average molecular weight is 656 g/mol. The first kappa shape index (κ1) is 39.4. The third kappa shape index (κ3) is 9.70. The van der Waals surface area contributed by atoms with Gasteiger partial charge < -0.3 is 45.1 Å². The Morgan fingerprint density at radius 3 is 1.16 bits per heavy atom. The summed E-state index contributed by atoms with van der Waals surface area (Å²) in [6.45, 7) is 20.0. The molecule has 0 fully saturated rings. The van der Waals surface area contributed by atoms with Gasteiger partial charge in [-0.1, -0.05) is 111 Å². The number of aryl methyl sites for hydroxylation is 2. The van der Waals surface area contributed by atoms with E-state index in [1.54, 1.807) is 0 Å². The van der Waals surface area contributed by atoms with Crippen LogP contribution in [-0.2, 0) is 21.7 Å². The quantitative estimate of drug-likeness (QED) is 0.153. The predicted octanol–water partition coefficient (Wildman–Crippen LogP) is 6.37. The molecule has 0 aliphatic heterocycles. The van der Waals surface area contributed by atoms with E-state index in [-0.39, 0.29) is 46.5 Å². The van der Waals surface area contributed by atoms with E-state index in [2.05, 4.69) is 165 Å². The van der Waals surface area contributed by atoms with Crippen LogP contribution in [0.15, 0.2) is 109 Å². The van der Waals surface area contributed by atoms with Gasteiger partial charge in [0.05, 0.1) is 0 Å².